The minimum Gasteiger partial charge on any atom is -0.444 e. The molecule has 1 rings (SSSR count). The van der Waals surface area contributed by atoms with E-state index in [0.29, 0.717) is 5.13 Å². The van der Waals surface area contributed by atoms with Crippen molar-refractivity contribution >= 4 is 28.6 Å². The molecule has 1 aromatic heterocycles. The molecule has 3 amide bonds. The highest BCUT2D eigenvalue weighted by Crippen LogP contribution is 2.17. The fourth-order valence-corrected chi connectivity index (χ4v) is 2.16. The van der Waals surface area contributed by atoms with E-state index in [9.17, 15) is 9.59 Å². The first-order valence-corrected chi connectivity index (χ1v) is 8.35. The Labute approximate surface area is 141 Å². The van der Waals surface area contributed by atoms with E-state index in [-0.39, 0.29) is 18.5 Å². The van der Waals surface area contributed by atoms with Crippen molar-refractivity contribution in [3.8, 4) is 0 Å². The van der Waals surface area contributed by atoms with E-state index in [1.807, 2.05) is 20.8 Å². The molecular formula is C15H26N4O3S. The molecule has 0 aliphatic carbocycles. The van der Waals surface area contributed by atoms with Crippen molar-refractivity contribution in [1.29, 1.82) is 0 Å². The summed E-state index contributed by atoms with van der Waals surface area (Å²) >= 11 is 1.34. The highest BCUT2D eigenvalue weighted by molar-refractivity contribution is 7.13. The van der Waals surface area contributed by atoms with Gasteiger partial charge in [0.15, 0.2) is 5.13 Å². The molecule has 7 nitrogen and oxygen atoms in total. The third-order valence-electron chi connectivity index (χ3n) is 3.32. The molecule has 0 aromatic carbocycles. The second-order valence-corrected chi connectivity index (χ2v) is 7.74. The maximum Gasteiger partial charge on any atom is 0.407 e. The molecule has 0 unspecified atom stereocenters. The van der Waals surface area contributed by atoms with Gasteiger partial charge in [0, 0.05) is 18.1 Å². The Morgan fingerprint density at radius 3 is 2.43 bits per heavy atom. The number of nitrogens with one attached hydrogen (secondary N) is 3. The number of hydrogen-bond acceptors (Lipinski definition) is 5. The number of hydrogen-bond donors (Lipinski definition) is 3. The molecular weight excluding hydrogens is 316 g/mol. The van der Waals surface area contributed by atoms with E-state index >= 15 is 0 Å². The van der Waals surface area contributed by atoms with Crippen LogP contribution in [0, 0.1) is 5.92 Å². The van der Waals surface area contributed by atoms with Crippen molar-refractivity contribution in [3.63, 3.8) is 0 Å². The highest BCUT2D eigenvalue weighted by atomic mass is 32.1. The van der Waals surface area contributed by atoms with Crippen LogP contribution in [0.3, 0.4) is 0 Å². The molecule has 0 aliphatic heterocycles. The third kappa shape index (κ3) is 6.85. The molecule has 8 heteroatoms. The highest BCUT2D eigenvalue weighted by Gasteiger charge is 2.31. The van der Waals surface area contributed by atoms with Gasteiger partial charge in [0.05, 0.1) is 5.54 Å². The van der Waals surface area contributed by atoms with Gasteiger partial charge in [0.2, 0.25) is 0 Å². The minimum atomic E-state index is -0.627. The van der Waals surface area contributed by atoms with Gasteiger partial charge in [-0.3, -0.25) is 5.32 Å². The number of aromatic nitrogens is 1. The van der Waals surface area contributed by atoms with Gasteiger partial charge >= 0.3 is 12.1 Å². The molecule has 0 fully saturated rings. The maximum atomic E-state index is 12.1. The van der Waals surface area contributed by atoms with E-state index in [2.05, 4.69) is 20.9 Å². The van der Waals surface area contributed by atoms with Crippen LogP contribution in [0.4, 0.5) is 14.7 Å². The Balaban J connectivity index is 2.60. The fraction of sp³-hybridized carbons (Fsp3) is 0.667. The van der Waals surface area contributed by atoms with Crippen molar-refractivity contribution in [1.82, 2.24) is 15.6 Å². The van der Waals surface area contributed by atoms with Crippen LogP contribution >= 0.6 is 11.3 Å². The summed E-state index contributed by atoms with van der Waals surface area (Å²) in [4.78, 5) is 27.9. The van der Waals surface area contributed by atoms with Gasteiger partial charge in [-0.25, -0.2) is 14.6 Å². The summed E-state index contributed by atoms with van der Waals surface area (Å²) in [6.07, 6.45) is 1.11. The zero-order chi connectivity index (χ0) is 17.7. The molecule has 3 N–H and O–H groups in total. The van der Waals surface area contributed by atoms with Gasteiger partial charge in [-0.2, -0.15) is 0 Å². The number of thiazole rings is 1. The van der Waals surface area contributed by atoms with E-state index < -0.39 is 17.2 Å². The lowest BCUT2D eigenvalue weighted by atomic mass is 9.88. The smallest absolute Gasteiger partial charge is 0.407 e. The number of carbonyl (C=O) groups excluding carboxylic acids is 2. The Kier molecular flexibility index (Phi) is 6.37. The first-order chi connectivity index (χ1) is 10.5. The predicted octanol–water partition coefficient (Wildman–Crippen LogP) is 3.20. The second kappa shape index (κ2) is 7.63. The van der Waals surface area contributed by atoms with Gasteiger partial charge < -0.3 is 15.4 Å². The molecule has 1 atom stereocenters. The van der Waals surface area contributed by atoms with Crippen LogP contribution in [0.25, 0.3) is 0 Å². The van der Waals surface area contributed by atoms with Crippen LogP contribution in [-0.2, 0) is 4.74 Å². The summed E-state index contributed by atoms with van der Waals surface area (Å²) in [6.45, 7) is 11.5. The molecule has 0 bridgehead atoms. The molecule has 0 saturated carbocycles. The lowest BCUT2D eigenvalue weighted by Gasteiger charge is -2.35. The van der Waals surface area contributed by atoms with Crippen LogP contribution in [0.5, 0.6) is 0 Å². The number of nitrogens with zero attached hydrogens (tertiary/aromatic N) is 1. The number of carbonyl (C=O) groups is 2. The second-order valence-electron chi connectivity index (χ2n) is 6.84. The monoisotopic (exact) mass is 342 g/mol. The number of alkyl carbamates (subject to hydrolysis) is 1. The predicted molar refractivity (Wildman–Crippen MR) is 91.7 cm³/mol. The van der Waals surface area contributed by atoms with Crippen LogP contribution in [-0.4, -0.2) is 34.8 Å². The lowest BCUT2D eigenvalue weighted by molar-refractivity contribution is 0.0505. The number of ether oxygens (including phenoxy) is 1. The normalized spacial score (nSPS) is 14.0. The van der Waals surface area contributed by atoms with E-state index in [0.717, 1.165) is 0 Å². The lowest BCUT2D eigenvalue weighted by Crippen LogP contribution is -2.58. The molecule has 1 heterocycles. The topological polar surface area (TPSA) is 92.4 Å². The van der Waals surface area contributed by atoms with Crippen molar-refractivity contribution in [2.45, 2.75) is 52.7 Å². The molecule has 23 heavy (non-hydrogen) atoms. The minimum absolute atomic E-state index is 0.0967. The number of rotatable bonds is 5. The van der Waals surface area contributed by atoms with Crippen molar-refractivity contribution in [2.75, 3.05) is 11.9 Å². The maximum absolute atomic E-state index is 12.1. The standard InChI is InChI=1S/C15H26N4O3S/c1-10(2)15(6,9-17-13(21)22-14(3,4)5)19-11(20)18-12-16-7-8-23-12/h7-8,10H,9H2,1-6H3,(H,17,21)(H2,16,18,19,20)/t15-/m1/s1. The SMILES string of the molecule is CC(C)[C@@](C)(CNC(=O)OC(C)(C)C)NC(=O)Nc1nccs1. The van der Waals surface area contributed by atoms with Crippen LogP contribution < -0.4 is 16.0 Å². The van der Waals surface area contributed by atoms with Crippen LogP contribution in [0.15, 0.2) is 11.6 Å². The summed E-state index contributed by atoms with van der Waals surface area (Å²) in [5.41, 5.74) is -1.19. The van der Waals surface area contributed by atoms with E-state index in [4.69, 9.17) is 4.74 Å². The zero-order valence-electron chi connectivity index (χ0n) is 14.5. The molecule has 0 aliphatic rings. The molecule has 1 aromatic rings. The van der Waals surface area contributed by atoms with Crippen LogP contribution in [0.1, 0.15) is 41.5 Å². The summed E-state index contributed by atoms with van der Waals surface area (Å²) in [5.74, 6) is 0.0967. The van der Waals surface area contributed by atoms with Gasteiger partial charge in [-0.1, -0.05) is 13.8 Å². The van der Waals surface area contributed by atoms with Crippen LogP contribution in [0.2, 0.25) is 0 Å². The van der Waals surface area contributed by atoms with E-state index in [1.165, 1.54) is 11.3 Å². The first kappa shape index (κ1) is 19.2. The summed E-state index contributed by atoms with van der Waals surface area (Å²) in [5, 5.41) is 10.6. The van der Waals surface area contributed by atoms with Crippen molar-refractivity contribution in [3.05, 3.63) is 11.6 Å². The average Bonchev–Trinajstić information content (AvgIpc) is 2.86. The quantitative estimate of drug-likeness (QED) is 0.766. The Hall–Kier alpha value is -1.83. The van der Waals surface area contributed by atoms with Gasteiger partial charge in [-0.15, -0.1) is 11.3 Å². The van der Waals surface area contributed by atoms with Gasteiger partial charge in [-0.05, 0) is 33.6 Å². The van der Waals surface area contributed by atoms with E-state index in [1.54, 1.807) is 32.3 Å². The Morgan fingerprint density at radius 2 is 1.96 bits per heavy atom. The Bertz CT molecular complexity index is 525. The zero-order valence-corrected chi connectivity index (χ0v) is 15.3. The number of amides is 3. The number of anilines is 1. The third-order valence-corrected chi connectivity index (χ3v) is 4.01. The Morgan fingerprint density at radius 1 is 1.30 bits per heavy atom. The van der Waals surface area contributed by atoms with Crippen molar-refractivity contribution < 1.29 is 14.3 Å². The summed E-state index contributed by atoms with van der Waals surface area (Å²) in [6, 6.07) is -0.359. The fourth-order valence-electron chi connectivity index (χ4n) is 1.64. The molecule has 130 valence electrons. The van der Waals surface area contributed by atoms with Crippen molar-refractivity contribution in [2.24, 2.45) is 5.92 Å². The van der Waals surface area contributed by atoms with Gasteiger partial charge in [0.1, 0.15) is 5.60 Å². The molecule has 0 radical (unpaired) electrons. The summed E-state index contributed by atoms with van der Waals surface area (Å²) < 4.78 is 5.22. The average molecular weight is 342 g/mol. The first-order valence-electron chi connectivity index (χ1n) is 7.47. The number of urea groups is 1. The molecule has 0 spiro atoms. The molecule has 0 saturated heterocycles. The van der Waals surface area contributed by atoms with Gasteiger partial charge in [0.25, 0.3) is 0 Å². The summed E-state index contributed by atoms with van der Waals surface area (Å²) in [7, 11) is 0. The largest absolute Gasteiger partial charge is 0.444 e.